The first-order chi connectivity index (χ1) is 19.0. The molecule has 7 nitrogen and oxygen atoms in total. The number of benzene rings is 3. The summed E-state index contributed by atoms with van der Waals surface area (Å²) < 4.78 is 94.3. The molecule has 0 spiro atoms. The lowest BCUT2D eigenvalue weighted by Crippen LogP contribution is -2.36. The van der Waals surface area contributed by atoms with Gasteiger partial charge >= 0.3 is 6.18 Å². The summed E-state index contributed by atoms with van der Waals surface area (Å²) in [6, 6.07) is 6.76. The van der Waals surface area contributed by atoms with Crippen LogP contribution in [-0.4, -0.2) is 42.2 Å². The van der Waals surface area contributed by atoms with Crippen molar-refractivity contribution in [3.8, 4) is 11.5 Å². The first-order valence-corrected chi connectivity index (χ1v) is 12.0. The molecule has 208 valence electrons. The zero-order valence-electron chi connectivity index (χ0n) is 20.2. The highest BCUT2D eigenvalue weighted by atomic mass is 35.5. The number of fused-ring (bicyclic) bond motifs is 1. The van der Waals surface area contributed by atoms with Gasteiger partial charge in [0.2, 0.25) is 11.6 Å². The number of rotatable bonds is 5. The third-order valence-corrected chi connectivity index (χ3v) is 6.28. The van der Waals surface area contributed by atoms with E-state index in [1.807, 2.05) is 10.2 Å². The van der Waals surface area contributed by atoms with Crippen LogP contribution in [0.2, 0.25) is 5.02 Å². The van der Waals surface area contributed by atoms with Gasteiger partial charge in [0.15, 0.2) is 11.6 Å². The van der Waals surface area contributed by atoms with Gasteiger partial charge < -0.3 is 19.7 Å². The van der Waals surface area contributed by atoms with Gasteiger partial charge in [-0.05, 0) is 30.3 Å². The quantitative estimate of drug-likeness (QED) is 0.211. The summed E-state index contributed by atoms with van der Waals surface area (Å²) in [5.74, 6) is -6.73. The standard InChI is InChI=1S/C26H17ClF6N4O3/c27-16-3-1-13(9-15(16)26(31,32)33)25(38)36-20-11-17(28)22(29)24(23(20)30)40-14-2-4-18-19(10-14)35-21(12-34-18)37-5-7-39-8-6-37/h1-4,9-12H,5-8H2,(H,36,38). The zero-order valence-corrected chi connectivity index (χ0v) is 20.9. The van der Waals surface area contributed by atoms with Crippen molar-refractivity contribution in [2.24, 2.45) is 0 Å². The van der Waals surface area contributed by atoms with Crippen molar-refractivity contribution in [1.82, 2.24) is 9.97 Å². The normalized spacial score (nSPS) is 13.9. The van der Waals surface area contributed by atoms with E-state index in [0.717, 1.165) is 12.1 Å². The molecule has 14 heteroatoms. The molecule has 1 amide bonds. The number of anilines is 2. The fourth-order valence-electron chi connectivity index (χ4n) is 3.95. The van der Waals surface area contributed by atoms with Crippen LogP contribution in [0.1, 0.15) is 15.9 Å². The minimum atomic E-state index is -4.87. The Labute approximate surface area is 227 Å². The topological polar surface area (TPSA) is 76.6 Å². The molecule has 0 unspecified atom stereocenters. The maximum atomic E-state index is 15.2. The number of carbonyl (C=O) groups is 1. The number of hydrogen-bond acceptors (Lipinski definition) is 6. The Balaban J connectivity index is 1.43. The van der Waals surface area contributed by atoms with Crippen molar-refractivity contribution >= 4 is 40.0 Å². The molecule has 1 aromatic heterocycles. The molecule has 1 fully saturated rings. The molecule has 0 bridgehead atoms. The molecule has 2 heterocycles. The van der Waals surface area contributed by atoms with Crippen LogP contribution in [0, 0.1) is 17.5 Å². The smallest absolute Gasteiger partial charge is 0.417 e. The molecule has 40 heavy (non-hydrogen) atoms. The van der Waals surface area contributed by atoms with Gasteiger partial charge in [-0.2, -0.15) is 17.6 Å². The average molecular weight is 583 g/mol. The van der Waals surface area contributed by atoms with Gasteiger partial charge in [-0.15, -0.1) is 0 Å². The van der Waals surface area contributed by atoms with Crippen LogP contribution >= 0.6 is 11.6 Å². The Bertz CT molecular complexity index is 1610. The van der Waals surface area contributed by atoms with Crippen LogP contribution in [0.15, 0.2) is 48.7 Å². The predicted octanol–water partition coefficient (Wildman–Crippen LogP) is 6.60. The molecule has 0 atom stereocenters. The van der Waals surface area contributed by atoms with Gasteiger partial charge in [0, 0.05) is 30.8 Å². The number of carbonyl (C=O) groups excluding carboxylic acids is 1. The third kappa shape index (κ3) is 5.61. The van der Waals surface area contributed by atoms with Crippen molar-refractivity contribution < 1.29 is 40.6 Å². The van der Waals surface area contributed by atoms with E-state index >= 15 is 4.39 Å². The first-order valence-electron chi connectivity index (χ1n) is 11.6. The number of nitrogens with one attached hydrogen (secondary N) is 1. The van der Waals surface area contributed by atoms with Crippen LogP contribution in [0.5, 0.6) is 11.5 Å². The highest BCUT2D eigenvalue weighted by molar-refractivity contribution is 6.31. The molecule has 1 saturated heterocycles. The number of morpholine rings is 1. The first kappa shape index (κ1) is 27.5. The van der Waals surface area contributed by atoms with Gasteiger partial charge in [-0.25, -0.2) is 13.8 Å². The van der Waals surface area contributed by atoms with Gasteiger partial charge in [0.25, 0.3) is 5.91 Å². The van der Waals surface area contributed by atoms with E-state index in [0.29, 0.717) is 55.3 Å². The Kier molecular flexibility index (Phi) is 7.43. The second-order valence-corrected chi connectivity index (χ2v) is 9.00. The summed E-state index contributed by atoms with van der Waals surface area (Å²) in [7, 11) is 0. The number of alkyl halides is 3. The molecule has 1 aliphatic heterocycles. The lowest BCUT2D eigenvalue weighted by Gasteiger charge is -2.27. The maximum Gasteiger partial charge on any atom is 0.417 e. The largest absolute Gasteiger partial charge is 0.451 e. The number of amides is 1. The van der Waals surface area contributed by atoms with Crippen LogP contribution in [0.25, 0.3) is 11.0 Å². The fourth-order valence-corrected chi connectivity index (χ4v) is 4.17. The SMILES string of the molecule is O=C(Nc1cc(F)c(F)c(Oc2ccc3ncc(N4CCOCC4)nc3c2)c1F)c1ccc(Cl)c(C(F)(F)F)c1. The lowest BCUT2D eigenvalue weighted by molar-refractivity contribution is -0.137. The van der Waals surface area contributed by atoms with Crippen molar-refractivity contribution in [3.63, 3.8) is 0 Å². The van der Waals surface area contributed by atoms with E-state index in [2.05, 4.69) is 9.97 Å². The summed E-state index contributed by atoms with van der Waals surface area (Å²) in [4.78, 5) is 23.3. The average Bonchev–Trinajstić information content (AvgIpc) is 2.93. The molecule has 1 aliphatic rings. The highest BCUT2D eigenvalue weighted by Gasteiger charge is 2.34. The van der Waals surface area contributed by atoms with Gasteiger partial charge in [0.05, 0.1) is 46.7 Å². The van der Waals surface area contributed by atoms with Crippen molar-refractivity contribution in [2.45, 2.75) is 6.18 Å². The lowest BCUT2D eigenvalue weighted by atomic mass is 10.1. The predicted molar refractivity (Wildman–Crippen MR) is 133 cm³/mol. The molecule has 4 aromatic rings. The summed E-state index contributed by atoms with van der Waals surface area (Å²) in [6.45, 7) is 2.22. The highest BCUT2D eigenvalue weighted by Crippen LogP contribution is 2.37. The monoisotopic (exact) mass is 582 g/mol. The molecule has 0 saturated carbocycles. The van der Waals surface area contributed by atoms with Crippen LogP contribution < -0.4 is 15.0 Å². The second kappa shape index (κ2) is 10.8. The van der Waals surface area contributed by atoms with Crippen molar-refractivity contribution in [3.05, 3.63) is 82.3 Å². The molecule has 0 aliphatic carbocycles. The van der Waals surface area contributed by atoms with E-state index in [9.17, 15) is 26.7 Å². The number of hydrogen-bond donors (Lipinski definition) is 1. The van der Waals surface area contributed by atoms with Crippen LogP contribution in [0.4, 0.5) is 37.8 Å². The zero-order chi connectivity index (χ0) is 28.6. The van der Waals surface area contributed by atoms with E-state index in [1.54, 1.807) is 6.20 Å². The maximum absolute atomic E-state index is 15.2. The third-order valence-electron chi connectivity index (χ3n) is 5.95. The van der Waals surface area contributed by atoms with E-state index in [1.165, 1.54) is 18.2 Å². The Morgan fingerprint density at radius 2 is 1.75 bits per heavy atom. The van der Waals surface area contributed by atoms with Gasteiger partial charge in [-0.3, -0.25) is 9.78 Å². The number of aromatic nitrogens is 2. The summed E-state index contributed by atoms with van der Waals surface area (Å²) in [5.41, 5.74) is -1.92. The van der Waals surface area contributed by atoms with Crippen LogP contribution in [0.3, 0.4) is 0 Å². The summed E-state index contributed by atoms with van der Waals surface area (Å²) in [5, 5.41) is 1.29. The molecular formula is C26H17ClF6N4O3. The number of nitrogens with zero attached hydrogens (tertiary/aromatic N) is 3. The minimum Gasteiger partial charge on any atom is -0.451 e. The van der Waals surface area contributed by atoms with Crippen LogP contribution in [-0.2, 0) is 10.9 Å². The molecule has 5 rings (SSSR count). The van der Waals surface area contributed by atoms with Gasteiger partial charge in [0.1, 0.15) is 11.6 Å². The molecular weight excluding hydrogens is 566 g/mol. The van der Waals surface area contributed by atoms with E-state index < -0.39 is 57.1 Å². The summed E-state index contributed by atoms with van der Waals surface area (Å²) in [6.07, 6.45) is -3.29. The molecule has 3 aromatic carbocycles. The Morgan fingerprint density at radius 1 is 1.00 bits per heavy atom. The Morgan fingerprint density at radius 3 is 2.48 bits per heavy atom. The van der Waals surface area contributed by atoms with Gasteiger partial charge in [-0.1, -0.05) is 11.6 Å². The van der Waals surface area contributed by atoms with Crippen molar-refractivity contribution in [2.75, 3.05) is 36.5 Å². The molecule has 1 N–H and O–H groups in total. The summed E-state index contributed by atoms with van der Waals surface area (Å²) >= 11 is 5.56. The fraction of sp³-hybridized carbons (Fsp3) is 0.192. The minimum absolute atomic E-state index is 0.117. The second-order valence-electron chi connectivity index (χ2n) is 8.59. The molecule has 0 radical (unpaired) electrons. The Hall–Kier alpha value is -4.10. The van der Waals surface area contributed by atoms with E-state index in [-0.39, 0.29) is 5.75 Å². The number of ether oxygens (including phenoxy) is 2. The number of halogens is 7. The van der Waals surface area contributed by atoms with Crippen molar-refractivity contribution in [1.29, 1.82) is 0 Å². The van der Waals surface area contributed by atoms with E-state index in [4.69, 9.17) is 21.1 Å².